The summed E-state index contributed by atoms with van der Waals surface area (Å²) in [5, 5.41) is -0.0885. The van der Waals surface area contributed by atoms with Crippen LogP contribution in [0.2, 0.25) is 0 Å². The van der Waals surface area contributed by atoms with Gasteiger partial charge in [-0.05, 0) is 18.6 Å². The summed E-state index contributed by atoms with van der Waals surface area (Å²) in [6.45, 7) is 1.00. The van der Waals surface area contributed by atoms with Gasteiger partial charge in [-0.25, -0.2) is 13.4 Å². The van der Waals surface area contributed by atoms with Crippen LogP contribution in [0.1, 0.15) is 6.42 Å². The molecule has 1 fully saturated rings. The molecule has 2 rings (SSSR count). The fourth-order valence-corrected chi connectivity index (χ4v) is 3.15. The second-order valence-electron chi connectivity index (χ2n) is 3.94. The van der Waals surface area contributed by atoms with E-state index in [9.17, 15) is 8.42 Å². The van der Waals surface area contributed by atoms with Crippen molar-refractivity contribution in [3.63, 3.8) is 0 Å². The quantitative estimate of drug-likeness (QED) is 0.828. The molecule has 1 atom stereocenters. The van der Waals surface area contributed by atoms with E-state index in [1.54, 1.807) is 6.07 Å². The van der Waals surface area contributed by atoms with E-state index in [1.165, 1.54) is 23.6 Å². The average Bonchev–Trinajstić information content (AvgIpc) is 2.81. The van der Waals surface area contributed by atoms with Gasteiger partial charge in [0.05, 0.1) is 18.3 Å². The molecule has 0 aliphatic carbocycles. The zero-order valence-electron chi connectivity index (χ0n) is 9.54. The molecule has 0 radical (unpaired) electrons. The van der Waals surface area contributed by atoms with Crippen LogP contribution >= 0.6 is 0 Å². The van der Waals surface area contributed by atoms with E-state index in [4.69, 9.17) is 10.5 Å². The minimum atomic E-state index is -3.64. The number of sulfonamides is 1. The highest BCUT2D eigenvalue weighted by Gasteiger charge is 2.32. The SMILES string of the molecule is CN(C1CCOC1)S(=O)(=O)c1ncccc1N. The molecule has 0 aromatic carbocycles. The molecule has 0 bridgehead atoms. The number of hydrogen-bond acceptors (Lipinski definition) is 5. The van der Waals surface area contributed by atoms with Crippen LogP contribution in [0.3, 0.4) is 0 Å². The molecular formula is C10H15N3O3S. The van der Waals surface area contributed by atoms with Crippen molar-refractivity contribution in [2.45, 2.75) is 17.5 Å². The van der Waals surface area contributed by atoms with Crippen LogP contribution in [0.15, 0.2) is 23.4 Å². The maximum Gasteiger partial charge on any atom is 0.262 e. The normalized spacial score (nSPS) is 20.9. The van der Waals surface area contributed by atoms with Crippen LogP contribution in [0.25, 0.3) is 0 Å². The number of nitrogen functional groups attached to an aromatic ring is 1. The van der Waals surface area contributed by atoms with E-state index in [2.05, 4.69) is 4.98 Å². The minimum absolute atomic E-state index is 0.0885. The smallest absolute Gasteiger partial charge is 0.262 e. The van der Waals surface area contributed by atoms with E-state index in [-0.39, 0.29) is 16.8 Å². The maximum atomic E-state index is 12.3. The molecule has 1 aromatic heterocycles. The largest absolute Gasteiger partial charge is 0.396 e. The Morgan fingerprint density at radius 2 is 2.35 bits per heavy atom. The van der Waals surface area contributed by atoms with Crippen molar-refractivity contribution in [3.8, 4) is 0 Å². The monoisotopic (exact) mass is 257 g/mol. The number of hydrogen-bond donors (Lipinski definition) is 1. The van der Waals surface area contributed by atoms with Gasteiger partial charge in [-0.1, -0.05) is 0 Å². The Morgan fingerprint density at radius 1 is 1.59 bits per heavy atom. The Balaban J connectivity index is 2.33. The summed E-state index contributed by atoms with van der Waals surface area (Å²) in [5.41, 5.74) is 5.81. The standard InChI is InChI=1S/C10H15N3O3S/c1-13(8-4-6-16-7-8)17(14,15)10-9(11)3-2-5-12-10/h2-3,5,8H,4,6-7,11H2,1H3. The number of nitrogens with zero attached hydrogens (tertiary/aromatic N) is 2. The van der Waals surface area contributed by atoms with E-state index in [0.29, 0.717) is 19.6 Å². The van der Waals surface area contributed by atoms with E-state index >= 15 is 0 Å². The Kier molecular flexibility index (Phi) is 3.32. The number of likely N-dealkylation sites (N-methyl/N-ethyl adjacent to an activating group) is 1. The molecule has 1 unspecified atom stereocenters. The van der Waals surface area contributed by atoms with Crippen LogP contribution in [-0.2, 0) is 14.8 Å². The molecule has 1 saturated heterocycles. The van der Waals surface area contributed by atoms with Gasteiger partial charge in [0.15, 0.2) is 5.03 Å². The number of rotatable bonds is 3. The van der Waals surface area contributed by atoms with Crippen LogP contribution in [-0.4, -0.2) is 44.0 Å². The van der Waals surface area contributed by atoms with Gasteiger partial charge >= 0.3 is 0 Å². The summed E-state index contributed by atoms with van der Waals surface area (Å²) < 4.78 is 31.0. The van der Waals surface area contributed by atoms with E-state index < -0.39 is 10.0 Å². The van der Waals surface area contributed by atoms with Crippen LogP contribution in [0.4, 0.5) is 5.69 Å². The Bertz CT molecular complexity index is 497. The van der Waals surface area contributed by atoms with Crippen molar-refractivity contribution in [1.29, 1.82) is 0 Å². The van der Waals surface area contributed by atoms with Gasteiger partial charge < -0.3 is 10.5 Å². The maximum absolute atomic E-state index is 12.3. The summed E-state index contributed by atoms with van der Waals surface area (Å²) in [7, 11) is -2.11. The third-order valence-corrected chi connectivity index (χ3v) is 4.73. The lowest BCUT2D eigenvalue weighted by Gasteiger charge is -2.22. The molecule has 94 valence electrons. The first-order valence-electron chi connectivity index (χ1n) is 5.30. The molecule has 1 aromatic rings. The van der Waals surface area contributed by atoms with Crippen molar-refractivity contribution in [3.05, 3.63) is 18.3 Å². The third kappa shape index (κ3) is 2.26. The first-order chi connectivity index (χ1) is 8.03. The number of pyridine rings is 1. The molecule has 2 N–H and O–H groups in total. The van der Waals surface area contributed by atoms with Gasteiger partial charge in [0.25, 0.3) is 10.0 Å². The average molecular weight is 257 g/mol. The lowest BCUT2D eigenvalue weighted by molar-refractivity contribution is 0.181. The van der Waals surface area contributed by atoms with Gasteiger partial charge in [0.1, 0.15) is 0 Å². The Labute approximate surface area is 100 Å². The number of aromatic nitrogens is 1. The molecular weight excluding hydrogens is 242 g/mol. The Hall–Kier alpha value is -1.18. The zero-order valence-corrected chi connectivity index (χ0v) is 10.4. The molecule has 17 heavy (non-hydrogen) atoms. The zero-order chi connectivity index (χ0) is 12.5. The van der Waals surface area contributed by atoms with Gasteiger partial charge in [0, 0.05) is 19.9 Å². The van der Waals surface area contributed by atoms with Crippen molar-refractivity contribution in [2.75, 3.05) is 26.0 Å². The third-order valence-electron chi connectivity index (χ3n) is 2.84. The van der Waals surface area contributed by atoms with Gasteiger partial charge in [-0.2, -0.15) is 4.31 Å². The second kappa shape index (κ2) is 4.59. The second-order valence-corrected chi connectivity index (χ2v) is 5.85. The number of ether oxygens (including phenoxy) is 1. The molecule has 7 heteroatoms. The first-order valence-corrected chi connectivity index (χ1v) is 6.74. The van der Waals surface area contributed by atoms with Crippen molar-refractivity contribution < 1.29 is 13.2 Å². The summed E-state index contributed by atoms with van der Waals surface area (Å²) >= 11 is 0. The minimum Gasteiger partial charge on any atom is -0.396 e. The van der Waals surface area contributed by atoms with Crippen LogP contribution in [0.5, 0.6) is 0 Å². The van der Waals surface area contributed by atoms with Crippen molar-refractivity contribution in [1.82, 2.24) is 9.29 Å². The molecule has 0 spiro atoms. The molecule has 6 nitrogen and oxygen atoms in total. The highest BCUT2D eigenvalue weighted by molar-refractivity contribution is 7.89. The molecule has 2 heterocycles. The van der Waals surface area contributed by atoms with Crippen molar-refractivity contribution >= 4 is 15.7 Å². The molecule has 0 amide bonds. The van der Waals surface area contributed by atoms with E-state index in [1.807, 2.05) is 0 Å². The van der Waals surface area contributed by atoms with Crippen LogP contribution < -0.4 is 5.73 Å². The predicted octanol–water partition coefficient (Wildman–Crippen LogP) is 0.0732. The molecule has 1 aliphatic heterocycles. The lowest BCUT2D eigenvalue weighted by atomic mass is 10.3. The van der Waals surface area contributed by atoms with Gasteiger partial charge in [-0.15, -0.1) is 0 Å². The van der Waals surface area contributed by atoms with Gasteiger partial charge in [-0.3, -0.25) is 0 Å². The summed E-state index contributed by atoms with van der Waals surface area (Å²) in [6, 6.07) is 2.99. The van der Waals surface area contributed by atoms with E-state index in [0.717, 1.165) is 0 Å². The lowest BCUT2D eigenvalue weighted by Crippen LogP contribution is -2.38. The predicted molar refractivity (Wildman–Crippen MR) is 62.8 cm³/mol. The fraction of sp³-hybridized carbons (Fsp3) is 0.500. The molecule has 0 saturated carbocycles. The van der Waals surface area contributed by atoms with Crippen molar-refractivity contribution in [2.24, 2.45) is 0 Å². The summed E-state index contributed by atoms with van der Waals surface area (Å²) in [5.74, 6) is 0. The Morgan fingerprint density at radius 3 is 2.94 bits per heavy atom. The summed E-state index contributed by atoms with van der Waals surface area (Å²) in [6.07, 6.45) is 2.12. The topological polar surface area (TPSA) is 85.5 Å². The number of nitrogens with two attached hydrogens (primary N) is 1. The first kappa shape index (κ1) is 12.3. The summed E-state index contributed by atoms with van der Waals surface area (Å²) in [4.78, 5) is 3.85. The highest BCUT2D eigenvalue weighted by atomic mass is 32.2. The number of anilines is 1. The molecule has 1 aliphatic rings. The fourth-order valence-electron chi connectivity index (χ4n) is 1.76. The highest BCUT2D eigenvalue weighted by Crippen LogP contribution is 2.22. The van der Waals surface area contributed by atoms with Gasteiger partial charge in [0.2, 0.25) is 0 Å². The van der Waals surface area contributed by atoms with Crippen LogP contribution in [0, 0.1) is 0 Å².